The highest BCUT2D eigenvalue weighted by atomic mass is 19.1. The van der Waals surface area contributed by atoms with E-state index in [0.717, 1.165) is 12.8 Å². The summed E-state index contributed by atoms with van der Waals surface area (Å²) in [6.45, 7) is 1.32. The molecule has 19 heavy (non-hydrogen) atoms. The number of Topliss-reactive ketones (excluding diaryl/α,β-unsaturated/α-hetero) is 1. The summed E-state index contributed by atoms with van der Waals surface area (Å²) in [4.78, 5) is 17.5. The molecule has 1 aliphatic rings. The van der Waals surface area contributed by atoms with E-state index in [2.05, 4.69) is 4.98 Å². The molecule has 6 heteroatoms. The predicted octanol–water partition coefficient (Wildman–Crippen LogP) is 1.79. The Morgan fingerprint density at radius 2 is 2.21 bits per heavy atom. The van der Waals surface area contributed by atoms with Crippen molar-refractivity contribution in [2.24, 2.45) is 0 Å². The smallest absolute Gasteiger partial charge is 0.240 e. The Balaban J connectivity index is 2.21. The van der Waals surface area contributed by atoms with E-state index in [0.29, 0.717) is 18.9 Å². The molecular weight excluding hydrogens is 249 g/mol. The van der Waals surface area contributed by atoms with Gasteiger partial charge in [0.15, 0.2) is 5.83 Å². The topological polar surface area (TPSA) is 47.4 Å². The van der Waals surface area contributed by atoms with Gasteiger partial charge in [-0.05, 0) is 12.8 Å². The van der Waals surface area contributed by atoms with E-state index in [-0.39, 0.29) is 6.04 Å². The Kier molecular flexibility index (Phi) is 4.31. The third kappa shape index (κ3) is 3.20. The van der Waals surface area contributed by atoms with E-state index in [4.69, 9.17) is 4.74 Å². The maximum Gasteiger partial charge on any atom is 0.240 e. The SMILES string of the molecule is CN(C)C=C(F)C(=O)c1cncn1C1CCOCC1. The maximum absolute atomic E-state index is 13.8. The Labute approximate surface area is 111 Å². The highest BCUT2D eigenvalue weighted by Crippen LogP contribution is 2.23. The zero-order valence-electron chi connectivity index (χ0n) is 11.2. The van der Waals surface area contributed by atoms with Gasteiger partial charge in [0.25, 0.3) is 0 Å². The molecule has 0 bridgehead atoms. The van der Waals surface area contributed by atoms with E-state index in [9.17, 15) is 9.18 Å². The molecule has 0 amide bonds. The van der Waals surface area contributed by atoms with Crippen molar-refractivity contribution in [3.63, 3.8) is 0 Å². The first-order chi connectivity index (χ1) is 9.09. The average Bonchev–Trinajstić information content (AvgIpc) is 2.87. The van der Waals surface area contributed by atoms with Crippen molar-refractivity contribution in [1.82, 2.24) is 14.5 Å². The molecule has 0 aromatic carbocycles. The number of halogens is 1. The molecule has 0 unspecified atom stereocenters. The predicted molar refractivity (Wildman–Crippen MR) is 68.5 cm³/mol. The average molecular weight is 267 g/mol. The lowest BCUT2D eigenvalue weighted by Gasteiger charge is -2.24. The van der Waals surface area contributed by atoms with Crippen LogP contribution in [0.5, 0.6) is 0 Å². The van der Waals surface area contributed by atoms with Gasteiger partial charge >= 0.3 is 0 Å². The number of allylic oxidation sites excluding steroid dienone is 1. The van der Waals surface area contributed by atoms with Crippen molar-refractivity contribution in [3.05, 3.63) is 30.2 Å². The summed E-state index contributed by atoms with van der Waals surface area (Å²) in [7, 11) is 3.34. The van der Waals surface area contributed by atoms with Gasteiger partial charge in [0.05, 0.1) is 12.5 Å². The molecule has 0 N–H and O–H groups in total. The third-order valence-electron chi connectivity index (χ3n) is 3.07. The van der Waals surface area contributed by atoms with Crippen molar-refractivity contribution >= 4 is 5.78 Å². The first-order valence-corrected chi connectivity index (χ1v) is 6.27. The molecule has 1 aromatic rings. The normalized spacial score (nSPS) is 17.5. The molecule has 1 saturated heterocycles. The molecule has 1 aliphatic heterocycles. The second kappa shape index (κ2) is 5.97. The summed E-state index contributed by atoms with van der Waals surface area (Å²) in [5, 5.41) is 0. The summed E-state index contributed by atoms with van der Waals surface area (Å²) in [5.41, 5.74) is 0.294. The summed E-state index contributed by atoms with van der Waals surface area (Å²) in [5.74, 6) is -1.41. The lowest BCUT2D eigenvalue weighted by Crippen LogP contribution is -2.22. The first kappa shape index (κ1) is 13.7. The lowest BCUT2D eigenvalue weighted by atomic mass is 10.1. The van der Waals surface area contributed by atoms with E-state index in [1.807, 2.05) is 0 Å². The quantitative estimate of drug-likeness (QED) is 0.616. The number of imidazole rings is 1. The molecule has 2 rings (SSSR count). The number of aromatic nitrogens is 2. The highest BCUT2D eigenvalue weighted by molar-refractivity contribution is 6.05. The number of ketones is 1. The molecule has 0 atom stereocenters. The van der Waals surface area contributed by atoms with Crippen LogP contribution in [-0.2, 0) is 4.74 Å². The minimum absolute atomic E-state index is 0.155. The minimum Gasteiger partial charge on any atom is -0.381 e. The van der Waals surface area contributed by atoms with Crippen molar-refractivity contribution in [1.29, 1.82) is 0 Å². The largest absolute Gasteiger partial charge is 0.381 e. The fourth-order valence-electron chi connectivity index (χ4n) is 2.14. The van der Waals surface area contributed by atoms with Crippen LogP contribution in [0, 0.1) is 0 Å². The number of nitrogens with zero attached hydrogens (tertiary/aromatic N) is 3. The molecule has 1 fully saturated rings. The number of hydrogen-bond donors (Lipinski definition) is 0. The zero-order valence-corrected chi connectivity index (χ0v) is 11.2. The van der Waals surface area contributed by atoms with Crippen LogP contribution in [0.3, 0.4) is 0 Å². The Hall–Kier alpha value is -1.69. The third-order valence-corrected chi connectivity index (χ3v) is 3.07. The van der Waals surface area contributed by atoms with Gasteiger partial charge in [-0.3, -0.25) is 4.79 Å². The van der Waals surface area contributed by atoms with Crippen molar-refractivity contribution < 1.29 is 13.9 Å². The first-order valence-electron chi connectivity index (χ1n) is 6.27. The Morgan fingerprint density at radius 1 is 1.53 bits per heavy atom. The number of carbonyl (C=O) groups excluding carboxylic acids is 1. The molecular formula is C13H18FN3O2. The summed E-state index contributed by atoms with van der Waals surface area (Å²) in [6, 6.07) is 0.155. The molecule has 0 radical (unpaired) electrons. The lowest BCUT2D eigenvalue weighted by molar-refractivity contribution is 0.0680. The minimum atomic E-state index is -0.779. The van der Waals surface area contributed by atoms with Gasteiger partial charge in [0.2, 0.25) is 5.78 Å². The Bertz CT molecular complexity index is 476. The van der Waals surface area contributed by atoms with E-state index < -0.39 is 11.6 Å². The second-order valence-electron chi connectivity index (χ2n) is 4.80. The highest BCUT2D eigenvalue weighted by Gasteiger charge is 2.23. The van der Waals surface area contributed by atoms with Crippen LogP contribution in [-0.4, -0.2) is 47.5 Å². The van der Waals surface area contributed by atoms with Crippen LogP contribution in [0.2, 0.25) is 0 Å². The molecule has 0 saturated carbocycles. The Morgan fingerprint density at radius 3 is 2.84 bits per heavy atom. The van der Waals surface area contributed by atoms with Gasteiger partial charge < -0.3 is 14.2 Å². The molecule has 2 heterocycles. The number of rotatable bonds is 4. The summed E-state index contributed by atoms with van der Waals surface area (Å²) < 4.78 is 20.8. The van der Waals surface area contributed by atoms with Crippen molar-refractivity contribution in [2.75, 3.05) is 27.3 Å². The monoisotopic (exact) mass is 267 g/mol. The van der Waals surface area contributed by atoms with Crippen molar-refractivity contribution in [2.45, 2.75) is 18.9 Å². The van der Waals surface area contributed by atoms with Crippen LogP contribution >= 0.6 is 0 Å². The standard InChI is InChI=1S/C13H18FN3O2/c1-16(2)8-11(14)13(18)12-7-15-9-17(12)10-3-5-19-6-4-10/h7-10H,3-6H2,1-2H3. The van der Waals surface area contributed by atoms with Gasteiger partial charge in [-0.1, -0.05) is 0 Å². The van der Waals surface area contributed by atoms with E-state index in [1.54, 1.807) is 25.0 Å². The van der Waals surface area contributed by atoms with Gasteiger partial charge in [0, 0.05) is 39.6 Å². The number of carbonyl (C=O) groups is 1. The van der Waals surface area contributed by atoms with E-state index in [1.165, 1.54) is 17.3 Å². The fourth-order valence-corrected chi connectivity index (χ4v) is 2.14. The van der Waals surface area contributed by atoms with Crippen LogP contribution < -0.4 is 0 Å². The second-order valence-corrected chi connectivity index (χ2v) is 4.80. The van der Waals surface area contributed by atoms with Gasteiger partial charge in [0.1, 0.15) is 5.69 Å². The van der Waals surface area contributed by atoms with Gasteiger partial charge in [-0.15, -0.1) is 0 Å². The van der Waals surface area contributed by atoms with Gasteiger partial charge in [-0.2, -0.15) is 0 Å². The molecule has 104 valence electrons. The zero-order chi connectivity index (χ0) is 13.8. The van der Waals surface area contributed by atoms with Crippen molar-refractivity contribution in [3.8, 4) is 0 Å². The van der Waals surface area contributed by atoms with Gasteiger partial charge in [-0.25, -0.2) is 9.37 Å². The van der Waals surface area contributed by atoms with E-state index >= 15 is 0 Å². The summed E-state index contributed by atoms with van der Waals surface area (Å²) >= 11 is 0. The number of hydrogen-bond acceptors (Lipinski definition) is 4. The molecule has 0 spiro atoms. The summed E-state index contributed by atoms with van der Waals surface area (Å²) in [6.07, 6.45) is 5.81. The van der Waals surface area contributed by atoms with Crippen LogP contribution in [0.4, 0.5) is 4.39 Å². The van der Waals surface area contributed by atoms with Crippen LogP contribution in [0.1, 0.15) is 29.4 Å². The molecule has 5 nitrogen and oxygen atoms in total. The fraction of sp³-hybridized carbons (Fsp3) is 0.538. The molecule has 0 aliphatic carbocycles. The molecule has 1 aromatic heterocycles. The maximum atomic E-state index is 13.8. The van der Waals surface area contributed by atoms with Crippen LogP contribution in [0.15, 0.2) is 24.6 Å². The number of ether oxygens (including phenoxy) is 1. The van der Waals surface area contributed by atoms with Crippen LogP contribution in [0.25, 0.3) is 0 Å².